The Morgan fingerprint density at radius 2 is 1.37 bits per heavy atom. The van der Waals surface area contributed by atoms with Crippen LogP contribution in [0.4, 0.5) is 0 Å². The second-order valence-corrected chi connectivity index (χ2v) is 9.70. The molecule has 9 nitrogen and oxygen atoms in total. The number of rotatable bonds is 13. The Bertz CT molecular complexity index is 564. The Labute approximate surface area is 213 Å². The zero-order chi connectivity index (χ0) is 28.2. The molecule has 2 N–H and O–H groups in total. The van der Waals surface area contributed by atoms with E-state index in [1.807, 2.05) is 67.5 Å². The first-order valence-electron chi connectivity index (χ1n) is 12.6. The zero-order valence-electron chi connectivity index (χ0n) is 24.1. The van der Waals surface area contributed by atoms with Gasteiger partial charge in [0.15, 0.2) is 0 Å². The molecule has 0 aromatic heterocycles. The van der Waals surface area contributed by atoms with E-state index in [4.69, 9.17) is 24.4 Å². The van der Waals surface area contributed by atoms with Crippen molar-refractivity contribution in [2.24, 2.45) is 17.3 Å². The summed E-state index contributed by atoms with van der Waals surface area (Å²) in [5.41, 5.74) is -0.341. The molecule has 0 saturated carbocycles. The molecule has 210 valence electrons. The summed E-state index contributed by atoms with van der Waals surface area (Å²) in [6, 6.07) is 0. The molecule has 9 heteroatoms. The number of aliphatic hydroxyl groups is 2. The van der Waals surface area contributed by atoms with Crippen molar-refractivity contribution in [3.05, 3.63) is 0 Å². The molecule has 0 aromatic carbocycles. The fourth-order valence-electron chi connectivity index (χ4n) is 1.69. The second-order valence-electron chi connectivity index (χ2n) is 9.70. The fourth-order valence-corrected chi connectivity index (χ4v) is 1.69. The lowest BCUT2D eigenvalue weighted by molar-refractivity contribution is -0.155. The lowest BCUT2D eigenvalue weighted by Gasteiger charge is -2.20. The van der Waals surface area contributed by atoms with E-state index < -0.39 is 6.10 Å². The Balaban J connectivity index is -0.000000441. The van der Waals surface area contributed by atoms with Crippen molar-refractivity contribution in [3.8, 4) is 0 Å². The zero-order valence-corrected chi connectivity index (χ0v) is 24.1. The first-order valence-corrected chi connectivity index (χ1v) is 12.6. The number of ether oxygens (including phenoxy) is 3. The monoisotopic (exact) mass is 507 g/mol. The maximum atomic E-state index is 11.4. The van der Waals surface area contributed by atoms with Crippen LogP contribution in [0, 0.1) is 17.3 Å². The quantitative estimate of drug-likeness (QED) is 0.285. The number of hydrogen-bond acceptors (Lipinski definition) is 9. The van der Waals surface area contributed by atoms with Gasteiger partial charge in [-0.15, -0.1) is 0 Å². The largest absolute Gasteiger partial charge is 0.464 e. The van der Waals surface area contributed by atoms with Gasteiger partial charge in [0.25, 0.3) is 0 Å². The lowest BCUT2D eigenvalue weighted by atomic mass is 9.91. The van der Waals surface area contributed by atoms with Crippen LogP contribution in [0.25, 0.3) is 0 Å². The van der Waals surface area contributed by atoms with Crippen LogP contribution in [-0.4, -0.2) is 85.7 Å². The average Bonchev–Trinajstić information content (AvgIpc) is 2.81. The van der Waals surface area contributed by atoms with E-state index in [-0.39, 0.29) is 54.5 Å². The van der Waals surface area contributed by atoms with Gasteiger partial charge in [0, 0.05) is 6.54 Å². The minimum absolute atomic E-state index is 0.0613. The Morgan fingerprint density at radius 1 is 0.886 bits per heavy atom. The van der Waals surface area contributed by atoms with Gasteiger partial charge in [-0.2, -0.15) is 0 Å². The molecule has 0 amide bonds. The van der Waals surface area contributed by atoms with E-state index in [0.717, 1.165) is 25.8 Å². The molecule has 0 saturated heterocycles. The van der Waals surface area contributed by atoms with Crippen LogP contribution in [0.5, 0.6) is 0 Å². The van der Waals surface area contributed by atoms with Gasteiger partial charge in [0.1, 0.15) is 19.3 Å². The maximum Gasteiger partial charge on any atom is 0.311 e. The van der Waals surface area contributed by atoms with Crippen molar-refractivity contribution in [3.63, 3.8) is 0 Å². The van der Waals surface area contributed by atoms with Crippen molar-refractivity contribution >= 4 is 17.9 Å². The molecule has 0 aliphatic carbocycles. The molecular formula is C26H53NO8. The van der Waals surface area contributed by atoms with Gasteiger partial charge >= 0.3 is 17.9 Å². The van der Waals surface area contributed by atoms with Crippen molar-refractivity contribution in [1.82, 2.24) is 4.90 Å². The number of nitrogens with zero attached hydrogens (tertiary/aromatic N) is 1. The summed E-state index contributed by atoms with van der Waals surface area (Å²) < 4.78 is 14.8. The number of carbonyl (C=O) groups is 3. The van der Waals surface area contributed by atoms with Crippen molar-refractivity contribution < 1.29 is 38.8 Å². The summed E-state index contributed by atoms with van der Waals surface area (Å²) in [6.07, 6.45) is 1.42. The van der Waals surface area contributed by atoms with Crippen molar-refractivity contribution in [2.45, 2.75) is 93.8 Å². The molecule has 0 fully saturated rings. The highest BCUT2D eigenvalue weighted by Gasteiger charge is 2.26. The minimum atomic E-state index is -0.567. The van der Waals surface area contributed by atoms with E-state index in [0.29, 0.717) is 6.61 Å². The Morgan fingerprint density at radius 3 is 1.74 bits per heavy atom. The van der Waals surface area contributed by atoms with Gasteiger partial charge < -0.3 is 29.3 Å². The van der Waals surface area contributed by atoms with Crippen molar-refractivity contribution in [2.75, 3.05) is 40.5 Å². The van der Waals surface area contributed by atoms with Gasteiger partial charge in [-0.05, 0) is 61.1 Å². The molecule has 4 atom stereocenters. The molecule has 0 aliphatic heterocycles. The molecule has 0 bridgehead atoms. The van der Waals surface area contributed by atoms with Gasteiger partial charge in [0.05, 0.1) is 30.0 Å². The van der Waals surface area contributed by atoms with Gasteiger partial charge in [0.2, 0.25) is 0 Å². The molecule has 0 rings (SSSR count). The Kier molecular flexibility index (Phi) is 23.3. The number of likely N-dealkylation sites (N-methyl/N-ethyl adjacent to an activating group) is 1. The summed E-state index contributed by atoms with van der Waals surface area (Å²) in [4.78, 5) is 35.4. The van der Waals surface area contributed by atoms with Crippen LogP contribution in [0.3, 0.4) is 0 Å². The van der Waals surface area contributed by atoms with Crippen LogP contribution >= 0.6 is 0 Å². The minimum Gasteiger partial charge on any atom is -0.464 e. The standard InChI is InChI=1S/C10H21NO2.2C8H16O3/c1-6-10(2,3)9(12)13-8-7-11(4)5;1-4-6(2)8(10)11-5-7(3)9;1-4-6(2)8(10)11-7(3)5-9/h6-8H2,1-5H3;2*6-7,9H,4-5H2,1-3H3. The summed E-state index contributed by atoms with van der Waals surface area (Å²) >= 11 is 0. The van der Waals surface area contributed by atoms with Crippen molar-refractivity contribution in [1.29, 1.82) is 0 Å². The van der Waals surface area contributed by atoms with Crippen LogP contribution in [0.1, 0.15) is 81.6 Å². The summed E-state index contributed by atoms with van der Waals surface area (Å²) in [5, 5.41) is 17.3. The first-order chi connectivity index (χ1) is 16.1. The van der Waals surface area contributed by atoms with Crippen LogP contribution < -0.4 is 0 Å². The van der Waals surface area contributed by atoms with E-state index >= 15 is 0 Å². The lowest BCUT2D eigenvalue weighted by Crippen LogP contribution is -2.28. The SMILES string of the molecule is CCC(C)(C)C(=O)OCCN(C)C.CCC(C)C(=O)OC(C)CO.CCC(C)C(=O)OCC(C)O. The topological polar surface area (TPSA) is 123 Å². The molecule has 0 spiro atoms. The van der Waals surface area contributed by atoms with Gasteiger partial charge in [-0.3, -0.25) is 14.4 Å². The predicted molar refractivity (Wildman–Crippen MR) is 138 cm³/mol. The van der Waals surface area contributed by atoms with Crippen LogP contribution in [-0.2, 0) is 28.6 Å². The molecule has 0 aromatic rings. The molecule has 4 unspecified atom stereocenters. The van der Waals surface area contributed by atoms with Gasteiger partial charge in [-0.1, -0.05) is 34.6 Å². The van der Waals surface area contributed by atoms with Crippen LogP contribution in [0.2, 0.25) is 0 Å². The smallest absolute Gasteiger partial charge is 0.311 e. The molecular weight excluding hydrogens is 454 g/mol. The number of esters is 3. The molecule has 0 radical (unpaired) electrons. The predicted octanol–water partition coefficient (Wildman–Crippen LogP) is 3.44. The highest BCUT2D eigenvalue weighted by molar-refractivity contribution is 5.75. The van der Waals surface area contributed by atoms with E-state index in [9.17, 15) is 14.4 Å². The maximum absolute atomic E-state index is 11.4. The number of carbonyl (C=O) groups excluding carboxylic acids is 3. The second kappa shape index (κ2) is 21.6. The average molecular weight is 508 g/mol. The Hall–Kier alpha value is -1.71. The fraction of sp³-hybridized carbons (Fsp3) is 0.885. The highest BCUT2D eigenvalue weighted by atomic mass is 16.6. The third-order valence-electron chi connectivity index (χ3n) is 5.28. The van der Waals surface area contributed by atoms with Crippen LogP contribution in [0.15, 0.2) is 0 Å². The third kappa shape index (κ3) is 22.5. The first kappa shape index (κ1) is 37.8. The molecule has 0 heterocycles. The highest BCUT2D eigenvalue weighted by Crippen LogP contribution is 2.21. The van der Waals surface area contributed by atoms with E-state index in [2.05, 4.69) is 0 Å². The summed E-state index contributed by atoms with van der Waals surface area (Å²) in [7, 11) is 3.91. The molecule has 35 heavy (non-hydrogen) atoms. The third-order valence-corrected chi connectivity index (χ3v) is 5.28. The number of aliphatic hydroxyl groups excluding tert-OH is 2. The normalized spacial score (nSPS) is 14.2. The van der Waals surface area contributed by atoms with E-state index in [1.165, 1.54) is 0 Å². The number of hydrogen-bond donors (Lipinski definition) is 2. The summed E-state index contributed by atoms with van der Waals surface area (Å²) in [5.74, 6) is -0.683. The summed E-state index contributed by atoms with van der Waals surface area (Å²) in [6.45, 7) is 17.8. The molecule has 0 aliphatic rings. The van der Waals surface area contributed by atoms with E-state index in [1.54, 1.807) is 13.8 Å². The van der Waals surface area contributed by atoms with Gasteiger partial charge in [-0.25, -0.2) is 0 Å².